The first-order valence-electron chi connectivity index (χ1n) is 28.6. The summed E-state index contributed by atoms with van der Waals surface area (Å²) in [6, 6.07) is 25.0. The van der Waals surface area contributed by atoms with Crippen molar-refractivity contribution in [2.75, 3.05) is 45.9 Å². The van der Waals surface area contributed by atoms with Gasteiger partial charge in [0.25, 0.3) is 0 Å². The SMILES string of the molecule is CC(C)(O)COc1cc(-c2ccc(C3=CCNCC3)nc2)c2c(C#N)cnn2c1.Cl.Cl.Cn1cc(-c2cc(-c3ccc(C4=CCNCC4)nc3)c3c(C#N)cnn3c2)cn1.Cn1cc(-c2cc(-c3ccc(C4=CCNCC4)nc3)c3c(C#N)cnn3c2)cn1. The molecule has 0 amide bonds. The van der Waals surface area contributed by atoms with Crippen LogP contribution in [0.5, 0.6) is 5.75 Å². The zero-order valence-corrected chi connectivity index (χ0v) is 51.0. The van der Waals surface area contributed by atoms with Crippen molar-refractivity contribution in [2.45, 2.75) is 38.7 Å². The number of ether oxygens (including phenoxy) is 1. The van der Waals surface area contributed by atoms with Crippen molar-refractivity contribution >= 4 is 58.1 Å². The van der Waals surface area contributed by atoms with Gasteiger partial charge in [-0.15, -0.1) is 24.8 Å². The van der Waals surface area contributed by atoms with Crippen LogP contribution in [0.15, 0.2) is 153 Å². The first kappa shape index (κ1) is 61.9. The Balaban J connectivity index is 0.000000146. The summed E-state index contributed by atoms with van der Waals surface area (Å²) in [5, 5.41) is 70.1. The van der Waals surface area contributed by atoms with Gasteiger partial charge in [0.05, 0.1) is 93.1 Å². The number of aromatic nitrogens is 13. The fourth-order valence-corrected chi connectivity index (χ4v) is 10.8. The molecule has 11 aromatic heterocycles. The van der Waals surface area contributed by atoms with Crippen molar-refractivity contribution in [2.24, 2.45) is 14.1 Å². The Morgan fingerprint density at radius 3 is 1.15 bits per heavy atom. The van der Waals surface area contributed by atoms with Crippen LogP contribution >= 0.6 is 24.8 Å². The number of rotatable bonds is 11. The van der Waals surface area contributed by atoms with E-state index in [4.69, 9.17) is 14.7 Å². The van der Waals surface area contributed by atoms with Crippen molar-refractivity contribution in [3.8, 4) is 79.6 Å². The molecule has 0 saturated carbocycles. The average molecular weight is 1230 g/mol. The monoisotopic (exact) mass is 1220 g/mol. The van der Waals surface area contributed by atoms with Crippen LogP contribution in [0.2, 0.25) is 0 Å². The number of nitrogens with zero attached hydrogens (tertiary/aromatic N) is 16. The van der Waals surface area contributed by atoms with Crippen LogP contribution in [0.3, 0.4) is 0 Å². The molecule has 14 rings (SSSR count). The van der Waals surface area contributed by atoms with E-state index in [-0.39, 0.29) is 31.4 Å². The molecule has 0 unspecified atom stereocenters. The predicted octanol–water partition coefficient (Wildman–Crippen LogP) is 9.73. The predicted molar refractivity (Wildman–Crippen MR) is 346 cm³/mol. The molecule has 14 heterocycles. The quantitative estimate of drug-likeness (QED) is 0.0939. The van der Waals surface area contributed by atoms with Crippen LogP contribution < -0.4 is 20.7 Å². The molecule has 89 heavy (non-hydrogen) atoms. The lowest BCUT2D eigenvalue weighted by Gasteiger charge is -2.18. The van der Waals surface area contributed by atoms with Gasteiger partial charge in [0.1, 0.15) is 30.6 Å². The molecule has 0 bridgehead atoms. The minimum absolute atomic E-state index is 0. The van der Waals surface area contributed by atoms with Gasteiger partial charge in [-0.2, -0.15) is 41.3 Å². The van der Waals surface area contributed by atoms with Gasteiger partial charge in [-0.05, 0) is 106 Å². The molecule has 11 aromatic rings. The smallest absolute Gasteiger partial charge is 0.138 e. The minimum atomic E-state index is -0.956. The van der Waals surface area contributed by atoms with Gasteiger partial charge < -0.3 is 25.8 Å². The Morgan fingerprint density at radius 2 is 0.843 bits per heavy atom. The lowest BCUT2D eigenvalue weighted by atomic mass is 10.00. The summed E-state index contributed by atoms with van der Waals surface area (Å²) in [4.78, 5) is 14.1. The lowest BCUT2D eigenvalue weighted by molar-refractivity contribution is 0.0283. The molecule has 0 saturated heterocycles. The fourth-order valence-electron chi connectivity index (χ4n) is 10.8. The summed E-state index contributed by atoms with van der Waals surface area (Å²) in [7, 11) is 3.78. The summed E-state index contributed by atoms with van der Waals surface area (Å²) in [6.45, 7) is 9.05. The molecule has 0 aromatic carbocycles. The molecule has 0 atom stereocenters. The number of aryl methyl sites for hydroxylation is 2. The summed E-state index contributed by atoms with van der Waals surface area (Å²) in [5.41, 5.74) is 19.1. The Labute approximate surface area is 525 Å². The molecule has 23 heteroatoms. The number of hydrogen-bond donors (Lipinski definition) is 4. The molecular weight excluding hydrogens is 1160 g/mol. The number of aliphatic hydroxyl groups is 1. The van der Waals surface area contributed by atoms with Gasteiger partial charge >= 0.3 is 0 Å². The molecule has 448 valence electrons. The van der Waals surface area contributed by atoms with Gasteiger partial charge in [-0.25, -0.2) is 13.5 Å². The van der Waals surface area contributed by atoms with E-state index in [1.807, 2.05) is 88.1 Å². The molecule has 0 aliphatic carbocycles. The summed E-state index contributed by atoms with van der Waals surface area (Å²) >= 11 is 0. The summed E-state index contributed by atoms with van der Waals surface area (Å²) in [5.74, 6) is 0.562. The second-order valence-corrected chi connectivity index (χ2v) is 22.0. The van der Waals surface area contributed by atoms with Crippen molar-refractivity contribution in [3.63, 3.8) is 0 Å². The molecule has 0 radical (unpaired) electrons. The molecule has 3 aliphatic rings. The van der Waals surface area contributed by atoms with E-state index in [0.717, 1.165) is 142 Å². The van der Waals surface area contributed by atoms with E-state index in [1.165, 1.54) is 16.7 Å². The first-order valence-corrected chi connectivity index (χ1v) is 28.6. The standard InChI is InChI=1S/2C22H19N7.C22H23N5O2.2ClH/c2*1-28-13-19(12-26-28)17-8-20(22-18(9-23)11-27-29(22)14-17)16-2-3-21(25-10-16)15-4-6-24-7-5-15;1-22(2,28)14-29-18-9-19(21-17(10-23)12-26-27(21)13-18)16-3-4-20(25-11-16)15-5-7-24-8-6-15;;/h2*2-4,8,10-14,24H,5-7H2,1H3;3-5,9,11-13,24,28H,6-8,14H2,1-2H3;2*1H. The second kappa shape index (κ2) is 27.3. The molecule has 3 aliphatic heterocycles. The van der Waals surface area contributed by atoms with E-state index in [2.05, 4.69) is 119 Å². The van der Waals surface area contributed by atoms with Crippen LogP contribution in [-0.4, -0.2) is 120 Å². The van der Waals surface area contributed by atoms with Crippen molar-refractivity contribution in [1.29, 1.82) is 15.8 Å². The van der Waals surface area contributed by atoms with Gasteiger partial charge in [0.15, 0.2) is 0 Å². The van der Waals surface area contributed by atoms with E-state index >= 15 is 0 Å². The maximum Gasteiger partial charge on any atom is 0.138 e. The number of halogens is 2. The number of pyridine rings is 6. The van der Waals surface area contributed by atoms with E-state index in [1.54, 1.807) is 61.5 Å². The molecule has 21 nitrogen and oxygen atoms in total. The zero-order valence-electron chi connectivity index (χ0n) is 49.3. The topological polar surface area (TPSA) is 263 Å². The number of nitriles is 3. The first-order chi connectivity index (χ1) is 42.4. The zero-order chi connectivity index (χ0) is 60.0. The van der Waals surface area contributed by atoms with Gasteiger partial charge in [-0.1, -0.05) is 36.4 Å². The van der Waals surface area contributed by atoms with Crippen LogP contribution in [-0.2, 0) is 14.1 Å². The third-order valence-corrected chi connectivity index (χ3v) is 15.2. The van der Waals surface area contributed by atoms with Crippen molar-refractivity contribution < 1.29 is 9.84 Å². The molecule has 4 N–H and O–H groups in total. The van der Waals surface area contributed by atoms with E-state index in [0.29, 0.717) is 28.0 Å². The second-order valence-electron chi connectivity index (χ2n) is 22.0. The normalized spacial score (nSPS) is 13.8. The van der Waals surface area contributed by atoms with E-state index in [9.17, 15) is 20.9 Å². The Hall–Kier alpha value is -10.1. The van der Waals surface area contributed by atoms with Crippen molar-refractivity contribution in [1.82, 2.24) is 79.3 Å². The highest BCUT2D eigenvalue weighted by molar-refractivity contribution is 5.90. The van der Waals surface area contributed by atoms with Crippen LogP contribution in [0.25, 0.3) is 88.9 Å². The summed E-state index contributed by atoms with van der Waals surface area (Å²) in [6.07, 6.45) is 33.0. The van der Waals surface area contributed by atoms with E-state index < -0.39 is 5.60 Å². The highest BCUT2D eigenvalue weighted by Gasteiger charge is 2.21. The minimum Gasteiger partial charge on any atom is -0.489 e. The maximum atomic E-state index is 9.96. The largest absolute Gasteiger partial charge is 0.489 e. The van der Waals surface area contributed by atoms with Gasteiger partial charge in [0, 0.05) is 133 Å². The fraction of sp³-hybridized carbons (Fsp3) is 0.227. The Morgan fingerprint density at radius 1 is 0.472 bits per heavy atom. The Bertz CT molecular complexity index is 4380. The molecule has 0 fully saturated rings. The lowest BCUT2D eigenvalue weighted by Crippen LogP contribution is -2.27. The highest BCUT2D eigenvalue weighted by Crippen LogP contribution is 2.36. The highest BCUT2D eigenvalue weighted by atomic mass is 35.5. The number of nitrogens with one attached hydrogen (secondary N) is 3. The summed E-state index contributed by atoms with van der Waals surface area (Å²) < 4.78 is 14.5. The number of fused-ring (bicyclic) bond motifs is 3. The number of hydrogen-bond acceptors (Lipinski definition) is 16. The Kier molecular flexibility index (Phi) is 19.0. The maximum absolute atomic E-state index is 9.96. The van der Waals surface area contributed by atoms with Crippen LogP contribution in [0, 0.1) is 34.0 Å². The third-order valence-electron chi connectivity index (χ3n) is 15.2. The van der Waals surface area contributed by atoms with Crippen LogP contribution in [0.1, 0.15) is 66.9 Å². The third kappa shape index (κ3) is 13.7. The van der Waals surface area contributed by atoms with Gasteiger partial charge in [0.2, 0.25) is 0 Å². The molecular formula is C66H63Cl2N19O2. The molecule has 0 spiro atoms. The van der Waals surface area contributed by atoms with Crippen molar-refractivity contribution in [3.05, 3.63) is 187 Å². The average Bonchev–Trinajstić information content (AvgIpc) is 1.87. The van der Waals surface area contributed by atoms with Crippen LogP contribution in [0.4, 0.5) is 0 Å². The van der Waals surface area contributed by atoms with Gasteiger partial charge in [-0.3, -0.25) is 24.3 Å².